The third-order valence-corrected chi connectivity index (χ3v) is 1.74. The van der Waals surface area contributed by atoms with Gasteiger partial charge in [-0.2, -0.15) is 5.26 Å². The minimum Gasteiger partial charge on any atom is -0.399 e. The number of nitrogens with two attached hydrogens (primary N) is 1. The quantitative estimate of drug-likeness (QED) is 0.318. The maximum atomic E-state index is 9.53. The average molecular weight is 193 g/mol. The van der Waals surface area contributed by atoms with Crippen molar-refractivity contribution in [1.82, 2.24) is 10.6 Å². The summed E-state index contributed by atoms with van der Waals surface area (Å²) < 4.78 is 0. The van der Waals surface area contributed by atoms with Crippen molar-refractivity contribution in [2.24, 2.45) is 10.7 Å². The van der Waals surface area contributed by atoms with Gasteiger partial charge in [0.2, 0.25) is 5.96 Å². The van der Waals surface area contributed by atoms with E-state index in [1.807, 2.05) is 0 Å². The highest BCUT2D eigenvalue weighted by Crippen LogP contribution is 2.16. The van der Waals surface area contributed by atoms with Gasteiger partial charge in [0.1, 0.15) is 0 Å². The van der Waals surface area contributed by atoms with E-state index >= 15 is 0 Å². The number of hydrogen-bond donors (Lipinski definition) is 4. The van der Waals surface area contributed by atoms with E-state index in [2.05, 4.69) is 22.2 Å². The summed E-state index contributed by atoms with van der Waals surface area (Å²) in [5.41, 5.74) is 6.77. The first kappa shape index (κ1) is 10.1. The largest absolute Gasteiger partial charge is 0.399 e. The molecule has 0 aliphatic carbocycles. The lowest BCUT2D eigenvalue weighted by Gasteiger charge is -2.22. The molecule has 0 bridgehead atoms. The maximum Gasteiger partial charge on any atom is 0.211 e. The Bertz CT molecular complexity index is 362. The summed E-state index contributed by atoms with van der Waals surface area (Å²) >= 11 is 0. The molecule has 1 atom stereocenters. The highest BCUT2D eigenvalue weighted by Gasteiger charge is 2.20. The van der Waals surface area contributed by atoms with E-state index in [4.69, 9.17) is 11.0 Å². The van der Waals surface area contributed by atoms with Crippen molar-refractivity contribution in [2.75, 3.05) is 0 Å². The molecule has 1 aliphatic heterocycles. The Kier molecular flexibility index (Phi) is 2.74. The summed E-state index contributed by atoms with van der Waals surface area (Å²) in [6.45, 7) is 5.23. The van der Waals surface area contributed by atoms with Crippen LogP contribution in [-0.4, -0.2) is 17.3 Å². The highest BCUT2D eigenvalue weighted by molar-refractivity contribution is 5.84. The van der Waals surface area contributed by atoms with Gasteiger partial charge >= 0.3 is 0 Å². The predicted octanol–water partition coefficient (Wildman–Crippen LogP) is -0.919. The topological polar surface area (TPSA) is 106 Å². The number of hydrogen-bond acceptors (Lipinski definition) is 6. The first-order valence-corrected chi connectivity index (χ1v) is 3.89. The monoisotopic (exact) mass is 193 g/mol. The van der Waals surface area contributed by atoms with Crippen molar-refractivity contribution in [3.05, 3.63) is 23.5 Å². The smallest absolute Gasteiger partial charge is 0.211 e. The number of nitrogens with zero attached hydrogens (tertiary/aromatic N) is 2. The van der Waals surface area contributed by atoms with E-state index in [1.54, 1.807) is 13.1 Å². The molecule has 0 aromatic rings. The Morgan fingerprint density at radius 1 is 1.86 bits per heavy atom. The molecular formula is C8H11N5O. The van der Waals surface area contributed by atoms with Gasteiger partial charge in [0.25, 0.3) is 0 Å². The van der Waals surface area contributed by atoms with E-state index in [0.29, 0.717) is 11.3 Å². The minimum absolute atomic E-state index is 0.197. The van der Waals surface area contributed by atoms with E-state index < -0.39 is 6.23 Å². The Labute approximate surface area is 81.4 Å². The zero-order chi connectivity index (χ0) is 10.7. The molecule has 1 heterocycles. The van der Waals surface area contributed by atoms with Gasteiger partial charge in [-0.05, 0) is 6.92 Å². The molecule has 6 nitrogen and oxygen atoms in total. The van der Waals surface area contributed by atoms with E-state index in [0.717, 1.165) is 0 Å². The Hall–Kier alpha value is -2.00. The maximum absolute atomic E-state index is 9.53. The number of nitrogens with one attached hydrogen (secondary N) is 2. The number of aliphatic hydroxyl groups excluding tert-OH is 1. The van der Waals surface area contributed by atoms with Gasteiger partial charge in [0.05, 0.1) is 0 Å². The summed E-state index contributed by atoms with van der Waals surface area (Å²) in [7, 11) is 0. The van der Waals surface area contributed by atoms with Crippen LogP contribution in [0.2, 0.25) is 0 Å². The van der Waals surface area contributed by atoms with Crippen LogP contribution in [-0.2, 0) is 0 Å². The van der Waals surface area contributed by atoms with Crippen molar-refractivity contribution in [1.29, 1.82) is 5.26 Å². The van der Waals surface area contributed by atoms with Gasteiger partial charge in [0.15, 0.2) is 12.4 Å². The molecule has 0 aromatic carbocycles. The normalized spacial score (nSPS) is 20.6. The molecule has 0 saturated carbocycles. The fourth-order valence-electron chi connectivity index (χ4n) is 1.18. The van der Waals surface area contributed by atoms with Gasteiger partial charge in [-0.25, -0.2) is 4.99 Å². The van der Waals surface area contributed by atoms with Crippen LogP contribution in [0.3, 0.4) is 0 Å². The number of allylic oxidation sites excluding steroid dienone is 1. The molecule has 5 N–H and O–H groups in total. The second-order valence-electron chi connectivity index (χ2n) is 2.78. The molecule has 0 radical (unpaired) electrons. The third-order valence-electron chi connectivity index (χ3n) is 1.74. The molecule has 0 amide bonds. The van der Waals surface area contributed by atoms with Gasteiger partial charge in [-0.3, -0.25) is 5.32 Å². The fraction of sp³-hybridized carbons (Fsp3) is 0.250. The minimum atomic E-state index is -1.08. The molecule has 0 saturated heterocycles. The van der Waals surface area contributed by atoms with Gasteiger partial charge in [0, 0.05) is 17.0 Å². The summed E-state index contributed by atoms with van der Waals surface area (Å²) in [6.07, 6.45) is 0.613. The second-order valence-corrected chi connectivity index (χ2v) is 2.78. The molecule has 1 rings (SSSR count). The Balaban J connectivity index is 2.92. The number of aliphatic hydroxyl groups is 1. The molecular weight excluding hydrogens is 182 g/mol. The molecule has 0 spiro atoms. The number of nitriles is 1. The van der Waals surface area contributed by atoms with E-state index in [-0.39, 0.29) is 11.7 Å². The van der Waals surface area contributed by atoms with Crippen LogP contribution in [0.15, 0.2) is 28.5 Å². The standard InChI is InChI=1S/C8H11N5O/c1-4(10)6-5(2)12-8(11-3-9)13-7(6)14/h7,14H,1,10H2,2H3,(H2,11,12,13). The summed E-state index contributed by atoms with van der Waals surface area (Å²) in [5.74, 6) is 0.197. The van der Waals surface area contributed by atoms with Crippen LogP contribution in [0.4, 0.5) is 0 Å². The Morgan fingerprint density at radius 2 is 2.50 bits per heavy atom. The lowest BCUT2D eigenvalue weighted by molar-refractivity contribution is 0.218. The van der Waals surface area contributed by atoms with Crippen LogP contribution in [0.25, 0.3) is 0 Å². The number of guanidine groups is 1. The van der Waals surface area contributed by atoms with Crippen LogP contribution in [0, 0.1) is 11.5 Å². The van der Waals surface area contributed by atoms with Crippen LogP contribution in [0.5, 0.6) is 0 Å². The lowest BCUT2D eigenvalue weighted by Crippen LogP contribution is -2.40. The molecule has 0 fully saturated rings. The molecule has 1 unspecified atom stereocenters. The first-order chi connectivity index (χ1) is 6.56. The number of rotatable bonds is 1. The van der Waals surface area contributed by atoms with Crippen LogP contribution < -0.4 is 16.4 Å². The Morgan fingerprint density at radius 3 is 2.93 bits per heavy atom. The fourth-order valence-corrected chi connectivity index (χ4v) is 1.18. The summed E-state index contributed by atoms with van der Waals surface area (Å²) in [6, 6.07) is 0. The van der Waals surface area contributed by atoms with Gasteiger partial charge in [-0.15, -0.1) is 0 Å². The van der Waals surface area contributed by atoms with Gasteiger partial charge in [-0.1, -0.05) is 6.58 Å². The van der Waals surface area contributed by atoms with E-state index in [9.17, 15) is 5.11 Å². The number of aliphatic imine (C=N–C) groups is 1. The van der Waals surface area contributed by atoms with Crippen LogP contribution >= 0.6 is 0 Å². The summed E-state index contributed by atoms with van der Waals surface area (Å²) in [4.78, 5) is 3.75. The third kappa shape index (κ3) is 1.84. The second kappa shape index (κ2) is 3.81. The molecule has 0 aromatic heterocycles. The first-order valence-electron chi connectivity index (χ1n) is 3.89. The van der Waals surface area contributed by atoms with Crippen molar-refractivity contribution in [3.63, 3.8) is 0 Å². The molecule has 14 heavy (non-hydrogen) atoms. The summed E-state index contributed by atoms with van der Waals surface area (Å²) in [5, 5.41) is 22.9. The average Bonchev–Trinajstić information content (AvgIpc) is 2.01. The lowest BCUT2D eigenvalue weighted by atomic mass is 10.1. The van der Waals surface area contributed by atoms with Gasteiger partial charge < -0.3 is 16.2 Å². The van der Waals surface area contributed by atoms with Crippen molar-refractivity contribution in [2.45, 2.75) is 13.2 Å². The zero-order valence-electron chi connectivity index (χ0n) is 7.70. The van der Waals surface area contributed by atoms with Crippen molar-refractivity contribution in [3.8, 4) is 6.19 Å². The van der Waals surface area contributed by atoms with E-state index in [1.165, 1.54) is 0 Å². The van der Waals surface area contributed by atoms with Crippen molar-refractivity contribution < 1.29 is 5.11 Å². The predicted molar refractivity (Wildman–Crippen MR) is 51.4 cm³/mol. The van der Waals surface area contributed by atoms with Crippen molar-refractivity contribution >= 4 is 5.96 Å². The molecule has 1 aliphatic rings. The molecule has 74 valence electrons. The molecule has 6 heteroatoms. The van der Waals surface area contributed by atoms with Crippen LogP contribution in [0.1, 0.15) is 6.92 Å². The SMILES string of the molecule is C=C(N)C1=C(C)NC(NC#N)=NC1O. The highest BCUT2D eigenvalue weighted by atomic mass is 16.3. The zero-order valence-corrected chi connectivity index (χ0v) is 7.70.